The van der Waals surface area contributed by atoms with Crippen LogP contribution in [0.15, 0.2) is 48.5 Å². The average molecular weight is 492 g/mol. The molecule has 0 aliphatic carbocycles. The fraction of sp³-hybridized carbons (Fsp3) is 0.440. The van der Waals surface area contributed by atoms with Gasteiger partial charge in [-0.1, -0.05) is 44.5 Å². The van der Waals surface area contributed by atoms with Crippen LogP contribution in [0, 0.1) is 12.7 Å². The van der Waals surface area contributed by atoms with Gasteiger partial charge in [-0.2, -0.15) is 0 Å². The van der Waals surface area contributed by atoms with Crippen molar-refractivity contribution in [1.29, 1.82) is 0 Å². The Morgan fingerprint density at radius 1 is 1.09 bits per heavy atom. The lowest BCUT2D eigenvalue weighted by Gasteiger charge is -2.33. The predicted octanol–water partition coefficient (Wildman–Crippen LogP) is 3.62. The summed E-state index contributed by atoms with van der Waals surface area (Å²) >= 11 is 0. The number of halogens is 1. The SMILES string of the molecule is CCCCNC(=O)[C@@H](CC)N(Cc1ccc(F)cc1)C(=O)CN(c1cccc(C)c1)S(C)(=O)=O. The van der Waals surface area contributed by atoms with E-state index < -0.39 is 34.3 Å². The number of rotatable bonds is 12. The summed E-state index contributed by atoms with van der Waals surface area (Å²) in [5, 5.41) is 2.86. The summed E-state index contributed by atoms with van der Waals surface area (Å²) in [5.74, 6) is -1.23. The van der Waals surface area contributed by atoms with E-state index in [-0.39, 0.29) is 12.5 Å². The molecule has 0 heterocycles. The van der Waals surface area contributed by atoms with E-state index in [9.17, 15) is 22.4 Å². The zero-order valence-electron chi connectivity index (χ0n) is 20.3. The third-order valence-electron chi connectivity index (χ3n) is 5.45. The largest absolute Gasteiger partial charge is 0.354 e. The van der Waals surface area contributed by atoms with Gasteiger partial charge < -0.3 is 10.2 Å². The van der Waals surface area contributed by atoms with Gasteiger partial charge in [-0.15, -0.1) is 0 Å². The van der Waals surface area contributed by atoms with Crippen molar-refractivity contribution in [3.05, 3.63) is 65.5 Å². The van der Waals surface area contributed by atoms with Crippen LogP contribution in [0.4, 0.5) is 10.1 Å². The molecule has 0 aliphatic heterocycles. The lowest BCUT2D eigenvalue weighted by molar-refractivity contribution is -0.140. The molecule has 34 heavy (non-hydrogen) atoms. The van der Waals surface area contributed by atoms with Crippen molar-refractivity contribution in [2.45, 2.75) is 52.6 Å². The van der Waals surface area contributed by atoms with Crippen LogP contribution in [0.1, 0.15) is 44.2 Å². The number of hydrogen-bond donors (Lipinski definition) is 1. The van der Waals surface area contributed by atoms with Gasteiger partial charge in [-0.25, -0.2) is 12.8 Å². The second-order valence-electron chi connectivity index (χ2n) is 8.33. The minimum absolute atomic E-state index is 0.0459. The van der Waals surface area contributed by atoms with Crippen LogP contribution in [0.3, 0.4) is 0 Å². The summed E-state index contributed by atoms with van der Waals surface area (Å²) in [6, 6.07) is 11.7. The Kier molecular flexibility index (Phi) is 10.0. The number of unbranched alkanes of at least 4 members (excludes halogenated alkanes) is 1. The third kappa shape index (κ3) is 7.83. The van der Waals surface area contributed by atoms with Gasteiger partial charge in [0.15, 0.2) is 0 Å². The summed E-state index contributed by atoms with van der Waals surface area (Å²) in [4.78, 5) is 27.8. The second-order valence-corrected chi connectivity index (χ2v) is 10.2. The first-order valence-electron chi connectivity index (χ1n) is 11.4. The monoisotopic (exact) mass is 491 g/mol. The lowest BCUT2D eigenvalue weighted by atomic mass is 10.1. The summed E-state index contributed by atoms with van der Waals surface area (Å²) in [7, 11) is -3.78. The fourth-order valence-electron chi connectivity index (χ4n) is 3.61. The Morgan fingerprint density at radius 3 is 2.32 bits per heavy atom. The highest BCUT2D eigenvalue weighted by Crippen LogP contribution is 2.21. The van der Waals surface area contributed by atoms with E-state index in [1.54, 1.807) is 37.3 Å². The van der Waals surface area contributed by atoms with E-state index in [0.717, 1.165) is 29.0 Å². The maximum Gasteiger partial charge on any atom is 0.244 e. The highest BCUT2D eigenvalue weighted by Gasteiger charge is 2.31. The van der Waals surface area contributed by atoms with Crippen molar-refractivity contribution in [2.24, 2.45) is 0 Å². The molecule has 1 atom stereocenters. The van der Waals surface area contributed by atoms with Crippen LogP contribution in [-0.2, 0) is 26.2 Å². The standard InChI is InChI=1S/C25H34FN3O4S/c1-5-7-15-27-25(31)23(6-2)28(17-20-11-13-21(26)14-12-20)24(30)18-29(34(4,32)33)22-10-8-9-19(3)16-22/h8-14,16,23H,5-7,15,17-18H2,1-4H3,(H,27,31)/t23-/m1/s1. The average Bonchev–Trinajstić information content (AvgIpc) is 2.78. The molecule has 2 aromatic carbocycles. The first-order chi connectivity index (χ1) is 16.1. The molecule has 0 radical (unpaired) electrons. The Balaban J connectivity index is 2.39. The second kappa shape index (κ2) is 12.5. The first kappa shape index (κ1) is 27.3. The zero-order valence-corrected chi connectivity index (χ0v) is 21.1. The zero-order chi connectivity index (χ0) is 25.3. The summed E-state index contributed by atoms with van der Waals surface area (Å²) in [5.41, 5.74) is 1.86. The molecule has 186 valence electrons. The van der Waals surface area contributed by atoms with Gasteiger partial charge in [0.2, 0.25) is 21.8 Å². The molecule has 0 unspecified atom stereocenters. The molecule has 0 saturated carbocycles. The van der Waals surface area contributed by atoms with E-state index in [2.05, 4.69) is 5.32 Å². The molecule has 0 saturated heterocycles. The predicted molar refractivity (Wildman–Crippen MR) is 132 cm³/mol. The van der Waals surface area contributed by atoms with Crippen molar-refractivity contribution in [2.75, 3.05) is 23.7 Å². The Hall–Kier alpha value is -2.94. The minimum atomic E-state index is -3.78. The molecule has 0 fully saturated rings. The Bertz CT molecular complexity index is 1070. The number of anilines is 1. The van der Waals surface area contributed by atoms with Crippen LogP contribution in [-0.4, -0.2) is 50.5 Å². The van der Waals surface area contributed by atoms with Gasteiger partial charge in [0.25, 0.3) is 0 Å². The number of benzene rings is 2. The quantitative estimate of drug-likeness (QED) is 0.460. The van der Waals surface area contributed by atoms with Crippen molar-refractivity contribution < 1.29 is 22.4 Å². The number of hydrogen-bond acceptors (Lipinski definition) is 4. The van der Waals surface area contributed by atoms with Gasteiger partial charge in [0.05, 0.1) is 11.9 Å². The smallest absolute Gasteiger partial charge is 0.244 e. The molecule has 2 rings (SSSR count). The van der Waals surface area contributed by atoms with E-state index in [1.807, 2.05) is 19.9 Å². The molecule has 1 N–H and O–H groups in total. The number of nitrogens with zero attached hydrogens (tertiary/aromatic N) is 2. The lowest BCUT2D eigenvalue weighted by Crippen LogP contribution is -2.52. The number of amides is 2. The molecule has 2 amide bonds. The van der Waals surface area contributed by atoms with E-state index >= 15 is 0 Å². The molecule has 0 aromatic heterocycles. The topological polar surface area (TPSA) is 86.8 Å². The third-order valence-corrected chi connectivity index (χ3v) is 6.59. The number of sulfonamides is 1. The molecular weight excluding hydrogens is 457 g/mol. The van der Waals surface area contributed by atoms with E-state index in [1.165, 1.54) is 17.0 Å². The maximum absolute atomic E-state index is 13.5. The van der Waals surface area contributed by atoms with E-state index in [0.29, 0.717) is 24.2 Å². The molecule has 7 nitrogen and oxygen atoms in total. The van der Waals surface area contributed by atoms with Crippen molar-refractivity contribution >= 4 is 27.5 Å². The summed E-state index contributed by atoms with van der Waals surface area (Å²) in [6.07, 6.45) is 3.11. The summed E-state index contributed by atoms with van der Waals surface area (Å²) in [6.45, 7) is 5.72. The molecule has 0 bridgehead atoms. The Morgan fingerprint density at radius 2 is 1.76 bits per heavy atom. The minimum Gasteiger partial charge on any atom is -0.354 e. The van der Waals surface area contributed by atoms with Gasteiger partial charge >= 0.3 is 0 Å². The number of carbonyl (C=O) groups is 2. The normalized spacial score (nSPS) is 12.1. The van der Waals surface area contributed by atoms with Crippen molar-refractivity contribution in [3.63, 3.8) is 0 Å². The van der Waals surface area contributed by atoms with Gasteiger partial charge in [0, 0.05) is 13.1 Å². The van der Waals surface area contributed by atoms with Crippen molar-refractivity contribution in [1.82, 2.24) is 10.2 Å². The number of nitrogens with one attached hydrogen (secondary N) is 1. The molecule has 2 aromatic rings. The van der Waals surface area contributed by atoms with Crippen LogP contribution in [0.5, 0.6) is 0 Å². The maximum atomic E-state index is 13.5. The molecular formula is C25H34FN3O4S. The molecule has 0 spiro atoms. The van der Waals surface area contributed by atoms with Crippen molar-refractivity contribution in [3.8, 4) is 0 Å². The molecule has 9 heteroatoms. The summed E-state index contributed by atoms with van der Waals surface area (Å²) < 4.78 is 39.6. The highest BCUT2D eigenvalue weighted by atomic mass is 32.2. The first-order valence-corrected chi connectivity index (χ1v) is 13.3. The number of aryl methyl sites for hydroxylation is 1. The highest BCUT2D eigenvalue weighted by molar-refractivity contribution is 7.92. The fourth-order valence-corrected chi connectivity index (χ4v) is 4.45. The Labute approximate surface area is 202 Å². The van der Waals surface area contributed by atoms with E-state index in [4.69, 9.17) is 0 Å². The van der Waals surface area contributed by atoms with Crippen LogP contribution >= 0.6 is 0 Å². The molecule has 0 aliphatic rings. The van der Waals surface area contributed by atoms with Gasteiger partial charge in [-0.05, 0) is 55.2 Å². The van der Waals surface area contributed by atoms with Crippen LogP contribution in [0.2, 0.25) is 0 Å². The van der Waals surface area contributed by atoms with Crippen LogP contribution < -0.4 is 9.62 Å². The van der Waals surface area contributed by atoms with Gasteiger partial charge in [0.1, 0.15) is 18.4 Å². The number of carbonyl (C=O) groups excluding carboxylic acids is 2. The van der Waals surface area contributed by atoms with Gasteiger partial charge in [-0.3, -0.25) is 13.9 Å². The van der Waals surface area contributed by atoms with Crippen LogP contribution in [0.25, 0.3) is 0 Å².